The molecule has 7 nitrogen and oxygen atoms in total. The summed E-state index contributed by atoms with van der Waals surface area (Å²) in [5, 5.41) is 16.0. The van der Waals surface area contributed by atoms with E-state index in [1.165, 1.54) is 17.7 Å². The van der Waals surface area contributed by atoms with Gasteiger partial charge >= 0.3 is 0 Å². The summed E-state index contributed by atoms with van der Waals surface area (Å²) in [5.74, 6) is 0.673. The smallest absolute Gasteiger partial charge is 0.168 e. The molecule has 0 aliphatic carbocycles. The number of hydrogen-bond acceptors (Lipinski definition) is 6. The van der Waals surface area contributed by atoms with E-state index < -0.39 is 0 Å². The van der Waals surface area contributed by atoms with Gasteiger partial charge in [0.25, 0.3) is 0 Å². The Balaban J connectivity index is 1.81. The second kappa shape index (κ2) is 9.46. The van der Waals surface area contributed by atoms with Crippen molar-refractivity contribution < 1.29 is 0 Å². The van der Waals surface area contributed by atoms with Gasteiger partial charge < -0.3 is 0 Å². The maximum Gasteiger partial charge on any atom is 0.168 e. The minimum Gasteiger partial charge on any atom is -0.294 e. The Kier molecular flexibility index (Phi) is 6.52. The molecule has 2 aromatic carbocycles. The van der Waals surface area contributed by atoms with E-state index in [1.807, 2.05) is 36.4 Å². The Labute approximate surface area is 224 Å². The lowest BCUT2D eigenvalue weighted by Crippen LogP contribution is -2.10. The van der Waals surface area contributed by atoms with E-state index >= 15 is 0 Å². The molecule has 0 amide bonds. The minimum atomic E-state index is -0.126. The molecule has 35 heavy (non-hydrogen) atoms. The van der Waals surface area contributed by atoms with Crippen LogP contribution in [0.4, 0.5) is 0 Å². The van der Waals surface area contributed by atoms with Crippen molar-refractivity contribution in [3.05, 3.63) is 80.3 Å². The molecular formula is C24H20BrCl2N7S. The van der Waals surface area contributed by atoms with Crippen LogP contribution >= 0.6 is 50.5 Å². The molecule has 0 unspecified atom stereocenters. The zero-order valence-corrected chi connectivity index (χ0v) is 23.0. The van der Waals surface area contributed by atoms with Crippen LogP contribution < -0.4 is 0 Å². The summed E-state index contributed by atoms with van der Waals surface area (Å²) in [7, 11) is 0. The fourth-order valence-electron chi connectivity index (χ4n) is 3.58. The molecule has 0 fully saturated rings. The molecule has 0 saturated heterocycles. The molecule has 0 atom stereocenters. The van der Waals surface area contributed by atoms with Crippen molar-refractivity contribution in [2.75, 3.05) is 0 Å². The number of aromatic nitrogens is 7. The van der Waals surface area contributed by atoms with Crippen LogP contribution in [0.2, 0.25) is 10.0 Å². The van der Waals surface area contributed by atoms with Gasteiger partial charge in [-0.25, -0.2) is 14.6 Å². The highest BCUT2D eigenvalue weighted by Gasteiger charge is 2.27. The summed E-state index contributed by atoms with van der Waals surface area (Å²) in [6.45, 7) is 6.78. The van der Waals surface area contributed by atoms with Crippen molar-refractivity contribution in [3.8, 4) is 27.8 Å². The van der Waals surface area contributed by atoms with Crippen LogP contribution in [-0.2, 0) is 12.0 Å². The topological polar surface area (TPSA) is 74.3 Å². The maximum atomic E-state index is 6.66. The summed E-state index contributed by atoms with van der Waals surface area (Å²) < 4.78 is 4.82. The predicted molar refractivity (Wildman–Crippen MR) is 143 cm³/mol. The van der Waals surface area contributed by atoms with Crippen molar-refractivity contribution in [2.45, 2.75) is 32.7 Å². The third kappa shape index (κ3) is 4.91. The molecule has 3 aromatic heterocycles. The normalized spacial score (nSPS) is 11.8. The van der Waals surface area contributed by atoms with Gasteiger partial charge in [-0.15, -0.1) is 10.2 Å². The third-order valence-electron chi connectivity index (χ3n) is 5.28. The average molecular weight is 589 g/mol. The monoisotopic (exact) mass is 587 g/mol. The summed E-state index contributed by atoms with van der Waals surface area (Å²) in [6, 6.07) is 13.4. The Morgan fingerprint density at radius 1 is 1.03 bits per heavy atom. The third-order valence-corrected chi connectivity index (χ3v) is 7.71. The lowest BCUT2D eigenvalue weighted by molar-refractivity contribution is 0.578. The Hall–Kier alpha value is -2.59. The van der Waals surface area contributed by atoms with Crippen LogP contribution in [0.15, 0.2) is 59.6 Å². The van der Waals surface area contributed by atoms with Gasteiger partial charge in [0.15, 0.2) is 5.01 Å². The first-order valence-corrected chi connectivity index (χ1v) is 13.1. The van der Waals surface area contributed by atoms with Crippen LogP contribution in [0, 0.1) is 0 Å². The van der Waals surface area contributed by atoms with Crippen LogP contribution in [0.3, 0.4) is 0 Å². The van der Waals surface area contributed by atoms with Crippen molar-refractivity contribution in [3.63, 3.8) is 0 Å². The molecule has 178 valence electrons. The van der Waals surface area contributed by atoms with E-state index in [0.717, 1.165) is 37.1 Å². The second-order valence-electron chi connectivity index (χ2n) is 8.92. The number of benzene rings is 2. The highest BCUT2D eigenvalue weighted by molar-refractivity contribution is 9.10. The average Bonchev–Trinajstić information content (AvgIpc) is 3.55. The van der Waals surface area contributed by atoms with Gasteiger partial charge in [-0.3, -0.25) is 4.57 Å². The fourth-order valence-corrected chi connectivity index (χ4v) is 5.25. The second-order valence-corrected chi connectivity index (χ2v) is 11.7. The standard InChI is InChI=1S/C24H20BrCl2N7S/c1-24(2,3)23-32-31-22(35-23)20-19(11-33-13-28-12-29-33)34(16-7-4-14(25)5-8-16)21(30-20)17-9-6-15(26)10-18(17)27/h4-10,12-13H,11H2,1-3H3. The first kappa shape index (κ1) is 24.1. The Morgan fingerprint density at radius 2 is 1.80 bits per heavy atom. The molecule has 5 aromatic rings. The molecule has 11 heteroatoms. The van der Waals surface area contributed by atoms with E-state index in [4.69, 9.17) is 28.2 Å². The lowest BCUT2D eigenvalue weighted by atomic mass is 9.98. The summed E-state index contributed by atoms with van der Waals surface area (Å²) in [5.41, 5.74) is 3.15. The number of rotatable bonds is 5. The van der Waals surface area contributed by atoms with Gasteiger partial charge in [-0.05, 0) is 42.5 Å². The zero-order chi connectivity index (χ0) is 24.7. The molecule has 0 spiro atoms. The molecule has 3 heterocycles. The van der Waals surface area contributed by atoms with Crippen LogP contribution in [0.25, 0.3) is 27.8 Å². The summed E-state index contributed by atoms with van der Waals surface area (Å²) in [6.07, 6.45) is 3.19. The highest BCUT2D eigenvalue weighted by Crippen LogP contribution is 2.38. The van der Waals surface area contributed by atoms with E-state index in [2.05, 4.69) is 61.5 Å². The SMILES string of the molecule is CC(C)(C)c1nnc(-c2nc(-c3ccc(Cl)cc3Cl)n(-c3ccc(Br)cc3)c2Cn2cncn2)s1. The summed E-state index contributed by atoms with van der Waals surface area (Å²) in [4.78, 5) is 9.20. The van der Waals surface area contributed by atoms with Crippen molar-refractivity contribution in [1.29, 1.82) is 0 Å². The first-order valence-electron chi connectivity index (χ1n) is 10.7. The molecular weight excluding hydrogens is 569 g/mol. The van der Waals surface area contributed by atoms with Crippen LogP contribution in [-0.4, -0.2) is 34.5 Å². The van der Waals surface area contributed by atoms with E-state index in [-0.39, 0.29) is 5.41 Å². The predicted octanol–water partition coefficient (Wildman–Crippen LogP) is 7.06. The summed E-state index contributed by atoms with van der Waals surface area (Å²) >= 11 is 17.9. The molecule has 0 aliphatic heterocycles. The number of halogens is 3. The fraction of sp³-hybridized carbons (Fsp3) is 0.208. The maximum absolute atomic E-state index is 6.66. The Morgan fingerprint density at radius 3 is 2.43 bits per heavy atom. The molecule has 0 bridgehead atoms. The van der Waals surface area contributed by atoms with E-state index in [0.29, 0.717) is 22.4 Å². The van der Waals surface area contributed by atoms with Gasteiger partial charge in [0.05, 0.1) is 17.3 Å². The molecule has 0 radical (unpaired) electrons. The van der Waals surface area contributed by atoms with Crippen LogP contribution in [0.5, 0.6) is 0 Å². The van der Waals surface area contributed by atoms with Gasteiger partial charge in [0, 0.05) is 26.2 Å². The molecule has 0 aliphatic rings. The van der Waals surface area contributed by atoms with E-state index in [1.54, 1.807) is 17.1 Å². The number of nitrogens with zero attached hydrogens (tertiary/aromatic N) is 7. The van der Waals surface area contributed by atoms with E-state index in [9.17, 15) is 0 Å². The molecule has 5 rings (SSSR count). The molecule has 0 saturated carbocycles. The van der Waals surface area contributed by atoms with Gasteiger partial charge in [0.2, 0.25) is 0 Å². The number of imidazole rings is 1. The lowest BCUT2D eigenvalue weighted by Gasteiger charge is -2.14. The number of hydrogen-bond donors (Lipinski definition) is 0. The van der Waals surface area contributed by atoms with Crippen molar-refractivity contribution in [2.24, 2.45) is 0 Å². The zero-order valence-electron chi connectivity index (χ0n) is 19.1. The van der Waals surface area contributed by atoms with Crippen LogP contribution in [0.1, 0.15) is 31.5 Å². The highest BCUT2D eigenvalue weighted by atomic mass is 79.9. The van der Waals surface area contributed by atoms with Crippen molar-refractivity contribution >= 4 is 50.5 Å². The van der Waals surface area contributed by atoms with Crippen molar-refractivity contribution in [1.82, 2.24) is 34.5 Å². The van der Waals surface area contributed by atoms with Gasteiger partial charge in [-0.2, -0.15) is 5.10 Å². The quantitative estimate of drug-likeness (QED) is 0.220. The van der Waals surface area contributed by atoms with Gasteiger partial charge in [-0.1, -0.05) is 71.2 Å². The van der Waals surface area contributed by atoms with Gasteiger partial charge in [0.1, 0.15) is 29.2 Å². The molecule has 0 N–H and O–H groups in total. The largest absolute Gasteiger partial charge is 0.294 e. The Bertz CT molecular complexity index is 1490. The minimum absolute atomic E-state index is 0.126. The first-order chi connectivity index (χ1) is 16.7.